The molecule has 1 unspecified atom stereocenters. The lowest BCUT2D eigenvalue weighted by Crippen LogP contribution is -2.51. The predicted octanol–water partition coefficient (Wildman–Crippen LogP) is 6.63. The van der Waals surface area contributed by atoms with Gasteiger partial charge in [-0.25, -0.2) is 27.1 Å². The molecule has 0 saturated carbocycles. The van der Waals surface area contributed by atoms with E-state index in [0.717, 1.165) is 36.4 Å². The molecular weight excluding hydrogens is 1060 g/mol. The molecule has 3 aliphatic rings. The number of nitrogens with one attached hydrogen (secondary N) is 2. The molecular formula is C50H63F3N6O16P2. The molecule has 0 spiro atoms. The van der Waals surface area contributed by atoms with Gasteiger partial charge in [-0.2, -0.15) is 15.2 Å². The number of para-hydroxylation sites is 1. The molecule has 6 N–H and O–H groups in total. The Kier molecular flexibility index (Phi) is 19.1. The number of hydrogen-bond acceptors (Lipinski definition) is 18. The lowest BCUT2D eigenvalue weighted by atomic mass is 9.97. The van der Waals surface area contributed by atoms with Crippen molar-refractivity contribution in [3.05, 3.63) is 120 Å². The number of aliphatic hydroxyl groups excluding tert-OH is 2. The number of carbonyl (C=O) groups is 3. The summed E-state index contributed by atoms with van der Waals surface area (Å²) in [6.07, 6.45) is -5.94. The highest BCUT2D eigenvalue weighted by Crippen LogP contribution is 2.52. The Morgan fingerprint density at radius 2 is 1.42 bits per heavy atom. The fraction of sp³-hybridized carbons (Fsp3) is 0.460. The number of fused-ring (bicyclic) bond motifs is 1. The first kappa shape index (κ1) is 60.3. The Bertz CT molecular complexity index is 2970. The molecule has 77 heavy (non-hydrogen) atoms. The number of hydrogen-bond donors (Lipinski definition) is 5. The van der Waals surface area contributed by atoms with E-state index in [1.807, 2.05) is 0 Å². The highest BCUT2D eigenvalue weighted by atomic mass is 31.2. The van der Waals surface area contributed by atoms with Gasteiger partial charge < -0.3 is 43.9 Å². The summed E-state index contributed by atoms with van der Waals surface area (Å²) in [7, 11) is -8.93. The summed E-state index contributed by atoms with van der Waals surface area (Å²) in [5.41, 5.74) is -0.262. The fourth-order valence-electron chi connectivity index (χ4n) is 7.94. The second kappa shape index (κ2) is 24.4. The molecule has 27 heteroatoms. The molecule has 12 atom stereocenters. The first-order chi connectivity index (χ1) is 36.0. The number of anilines is 1. The van der Waals surface area contributed by atoms with Gasteiger partial charge in [0.25, 0.3) is 5.85 Å². The predicted molar refractivity (Wildman–Crippen MR) is 273 cm³/mol. The van der Waals surface area contributed by atoms with Gasteiger partial charge in [-0.05, 0) is 96.7 Å². The molecule has 1 aromatic heterocycles. The van der Waals surface area contributed by atoms with Crippen LogP contribution in [0.3, 0.4) is 0 Å². The Balaban J connectivity index is 0.000000252. The summed E-state index contributed by atoms with van der Waals surface area (Å²) in [6, 6.07) is 18.8. The number of nitrogens with zero attached hydrogens (tertiary/aromatic N) is 3. The summed E-state index contributed by atoms with van der Waals surface area (Å²) in [5, 5.41) is 27.4. The third-order valence-electron chi connectivity index (χ3n) is 11.8. The van der Waals surface area contributed by atoms with Gasteiger partial charge in [0.15, 0.2) is 29.9 Å². The zero-order valence-corrected chi connectivity index (χ0v) is 45.1. The van der Waals surface area contributed by atoms with Gasteiger partial charge in [0.2, 0.25) is 5.91 Å². The minimum Gasteiger partial charge on any atom is -0.462 e. The van der Waals surface area contributed by atoms with E-state index >= 15 is 13.2 Å². The quantitative estimate of drug-likeness (QED) is 0.0458. The Labute approximate surface area is 441 Å². The highest BCUT2D eigenvalue weighted by molar-refractivity contribution is 7.52. The molecule has 0 radical (unpaired) electrons. The Morgan fingerprint density at radius 1 is 0.831 bits per heavy atom. The van der Waals surface area contributed by atoms with Gasteiger partial charge >= 0.3 is 33.1 Å². The number of aromatic nitrogens is 2. The van der Waals surface area contributed by atoms with Crippen LogP contribution in [0.25, 0.3) is 10.8 Å². The van der Waals surface area contributed by atoms with Crippen LogP contribution in [-0.2, 0) is 51.5 Å². The van der Waals surface area contributed by atoms with E-state index in [2.05, 4.69) is 21.7 Å². The van der Waals surface area contributed by atoms with Crippen molar-refractivity contribution < 1.29 is 83.9 Å². The highest BCUT2D eigenvalue weighted by Gasteiger charge is 2.65. The van der Waals surface area contributed by atoms with E-state index in [1.165, 1.54) is 38.2 Å². The molecule has 3 aliphatic heterocycles. The maximum atomic E-state index is 16.0. The maximum Gasteiger partial charge on any atom is 0.459 e. The molecule has 22 nitrogen and oxygen atoms in total. The second-order valence-electron chi connectivity index (χ2n) is 19.1. The van der Waals surface area contributed by atoms with Gasteiger partial charge in [-0.3, -0.25) is 32.9 Å². The van der Waals surface area contributed by atoms with Gasteiger partial charge in [0.1, 0.15) is 48.2 Å². The van der Waals surface area contributed by atoms with Crippen molar-refractivity contribution in [2.24, 2.45) is 0 Å². The maximum absolute atomic E-state index is 16.0. The van der Waals surface area contributed by atoms with Crippen molar-refractivity contribution >= 4 is 49.9 Å². The molecule has 420 valence electrons. The monoisotopic (exact) mass is 1120 g/mol. The first-order valence-corrected chi connectivity index (χ1v) is 27.2. The van der Waals surface area contributed by atoms with Crippen molar-refractivity contribution in [2.45, 2.75) is 134 Å². The average Bonchev–Trinajstić information content (AvgIpc) is 3.69. The summed E-state index contributed by atoms with van der Waals surface area (Å²) in [6.45, 7) is 13.1. The molecule has 3 aromatic carbocycles. The largest absolute Gasteiger partial charge is 0.462 e. The molecule has 0 bridgehead atoms. The van der Waals surface area contributed by atoms with E-state index in [9.17, 15) is 38.5 Å². The van der Waals surface area contributed by atoms with Crippen LogP contribution in [-0.4, -0.2) is 122 Å². The van der Waals surface area contributed by atoms with E-state index in [0.29, 0.717) is 15.5 Å². The number of nitrogen functional groups attached to an aromatic ring is 1. The summed E-state index contributed by atoms with van der Waals surface area (Å²) in [4.78, 5) is 54.0. The number of alkyl halides is 3. The number of rotatable bonds is 20. The Hall–Kier alpha value is -5.98. The zero-order valence-electron chi connectivity index (χ0n) is 43.3. The normalized spacial score (nSPS) is 27.6. The number of halogens is 3. The number of aliphatic hydroxyl groups is 2. The SMILES string of the molecule is C=C1C=CN([C@@H]2OC(CO[P@@](=O)(N[C@@H](C)C(=O)OC(C)C)Oc3ccccc3)[C@@H](O)[C@@]2(C)F)C(=O)C1.CC(C)OC(=O)[C@H](C)N[P@](=O)(OC[C@@]1(F)O[C@@H](n2ccc(N)nc2=O)[C@](C)(F)[C@@H]1O)Oc1cccc2ccccc12. The smallest absolute Gasteiger partial charge is 0.459 e. The third-order valence-corrected chi connectivity index (χ3v) is 15.1. The van der Waals surface area contributed by atoms with Gasteiger partial charge in [-0.1, -0.05) is 61.2 Å². The van der Waals surface area contributed by atoms with E-state index in [4.69, 9.17) is 42.8 Å². The van der Waals surface area contributed by atoms with E-state index < -0.39 is 124 Å². The van der Waals surface area contributed by atoms with Crippen LogP contribution < -0.4 is 30.6 Å². The summed E-state index contributed by atoms with van der Waals surface area (Å²) < 4.78 is 119. The van der Waals surface area contributed by atoms with Gasteiger partial charge in [-0.15, -0.1) is 0 Å². The number of ether oxygens (including phenoxy) is 4. The van der Waals surface area contributed by atoms with E-state index in [1.54, 1.807) is 88.4 Å². The van der Waals surface area contributed by atoms with Crippen LogP contribution in [0, 0.1) is 0 Å². The number of carbonyl (C=O) groups excluding carboxylic acids is 3. The fourth-order valence-corrected chi connectivity index (χ4v) is 11.0. The zero-order chi connectivity index (χ0) is 56.8. The van der Waals surface area contributed by atoms with Crippen LogP contribution in [0.2, 0.25) is 0 Å². The molecule has 0 aliphatic carbocycles. The van der Waals surface area contributed by atoms with Crippen molar-refractivity contribution in [1.82, 2.24) is 24.6 Å². The number of amides is 1. The molecule has 2 saturated heterocycles. The lowest BCUT2D eigenvalue weighted by Gasteiger charge is -2.33. The van der Waals surface area contributed by atoms with Crippen LogP contribution >= 0.6 is 15.5 Å². The van der Waals surface area contributed by atoms with Crippen LogP contribution in [0.4, 0.5) is 19.0 Å². The summed E-state index contributed by atoms with van der Waals surface area (Å²) >= 11 is 0. The van der Waals surface area contributed by atoms with Crippen molar-refractivity contribution in [3.8, 4) is 11.5 Å². The number of nitrogens with two attached hydrogens (primary N) is 1. The van der Waals surface area contributed by atoms with Gasteiger partial charge in [0.05, 0.1) is 25.2 Å². The first-order valence-electron chi connectivity index (χ1n) is 24.1. The second-order valence-corrected chi connectivity index (χ2v) is 22.5. The van der Waals surface area contributed by atoms with Crippen molar-refractivity contribution in [3.63, 3.8) is 0 Å². The standard InChI is InChI=1S/C26H31F2N4O8P.C24H32FN2O8P/c1-15(2)38-21(33)16(3)31-41(36,40-19-11-7-9-17-8-5-6-10-18(17)19)37-14-26(28)22(34)25(4,27)23(39-26)32-13-12-20(29)30-24(32)35;1-15(2)33-22(30)17(4)26-36(31,35-18-9-7-6-8-10-18)32-14-19-21(29)24(5,25)23(34-19)27-12-11-16(3)13-20(27)28/h5-13,15-16,22-23,34H,14H2,1-4H3,(H,31,36)(H2,29,30,35);6-12,15,17,19,21,23,29H,3,13-14H2,1-2,4-5H3,(H,26,31)/t16-,22-,23+,25+,26+,41-;17-,19?,21+,23+,24+,36-/m00/s1. The van der Waals surface area contributed by atoms with Gasteiger partial charge in [0, 0.05) is 17.8 Å². The number of benzene rings is 3. The average molecular weight is 1120 g/mol. The minimum absolute atomic E-state index is 0.0158. The molecule has 4 aromatic rings. The van der Waals surface area contributed by atoms with Crippen molar-refractivity contribution in [2.75, 3.05) is 18.9 Å². The van der Waals surface area contributed by atoms with Crippen molar-refractivity contribution in [1.29, 1.82) is 0 Å². The molecule has 1 amide bonds. The topological polar surface area (TPSA) is 288 Å². The van der Waals surface area contributed by atoms with Crippen LogP contribution in [0.1, 0.15) is 68.0 Å². The number of esters is 2. The molecule has 7 rings (SSSR count). The van der Waals surface area contributed by atoms with Crippen LogP contribution in [0.15, 0.2) is 114 Å². The number of allylic oxidation sites excluding steroid dienone is 1. The molecule has 2 fully saturated rings. The molecule has 4 heterocycles. The lowest BCUT2D eigenvalue weighted by molar-refractivity contribution is -0.203. The van der Waals surface area contributed by atoms with E-state index in [-0.39, 0.29) is 23.7 Å². The summed E-state index contributed by atoms with van der Waals surface area (Å²) in [5.74, 6) is -5.17. The minimum atomic E-state index is -4.67. The third kappa shape index (κ3) is 14.6. The van der Waals surface area contributed by atoms with Crippen LogP contribution in [0.5, 0.6) is 11.5 Å². The Morgan fingerprint density at radius 3 is 2.01 bits per heavy atom.